The van der Waals surface area contributed by atoms with E-state index in [0.717, 1.165) is 30.0 Å². The zero-order valence-corrected chi connectivity index (χ0v) is 13.3. The van der Waals surface area contributed by atoms with E-state index >= 15 is 0 Å². The highest BCUT2D eigenvalue weighted by molar-refractivity contribution is 5.63. The van der Waals surface area contributed by atoms with Gasteiger partial charge in [-0.25, -0.2) is 15.0 Å². The number of rotatable bonds is 6. The van der Waals surface area contributed by atoms with Gasteiger partial charge in [-0.3, -0.25) is 0 Å². The third kappa shape index (κ3) is 3.85. The summed E-state index contributed by atoms with van der Waals surface area (Å²) in [6.45, 7) is 0.733. The lowest BCUT2D eigenvalue weighted by Crippen LogP contribution is -2.09. The van der Waals surface area contributed by atoms with E-state index in [0.29, 0.717) is 5.95 Å². The number of benzene rings is 1. The molecule has 6 heteroatoms. The minimum absolute atomic E-state index is 0.630. The maximum Gasteiger partial charge on any atom is 0.223 e. The summed E-state index contributed by atoms with van der Waals surface area (Å²) in [7, 11) is 4.06. The Hall–Kier alpha value is -2.89. The largest absolute Gasteiger partial charge is 0.378 e. The Balaban J connectivity index is 1.66. The number of aromatic nitrogens is 4. The van der Waals surface area contributed by atoms with Crippen molar-refractivity contribution in [1.82, 2.24) is 19.9 Å². The molecule has 0 radical (unpaired) electrons. The average molecular weight is 308 g/mol. The summed E-state index contributed by atoms with van der Waals surface area (Å²) < 4.78 is 0. The lowest BCUT2D eigenvalue weighted by molar-refractivity contribution is 0.913. The number of hydrogen-bond donors (Lipinski definition) is 2. The molecule has 0 saturated heterocycles. The van der Waals surface area contributed by atoms with Crippen LogP contribution in [0.1, 0.15) is 5.82 Å². The van der Waals surface area contributed by atoms with Gasteiger partial charge in [0.1, 0.15) is 5.82 Å². The molecule has 0 spiro atoms. The first kappa shape index (κ1) is 15.0. The molecule has 23 heavy (non-hydrogen) atoms. The van der Waals surface area contributed by atoms with Crippen LogP contribution in [-0.4, -0.2) is 40.6 Å². The SMILES string of the molecule is CN(C)c1ccc(-c2ccnc(NCCc3ncc[nH]3)n2)cc1. The van der Waals surface area contributed by atoms with E-state index in [1.165, 1.54) is 5.69 Å². The van der Waals surface area contributed by atoms with Gasteiger partial charge in [-0.1, -0.05) is 12.1 Å². The van der Waals surface area contributed by atoms with Crippen LogP contribution in [0, 0.1) is 0 Å². The van der Waals surface area contributed by atoms with E-state index in [1.54, 1.807) is 12.4 Å². The molecule has 3 aromatic rings. The Bertz CT molecular complexity index is 734. The molecule has 0 unspecified atom stereocenters. The topological polar surface area (TPSA) is 69.7 Å². The average Bonchev–Trinajstić information content (AvgIpc) is 3.09. The molecule has 0 amide bonds. The number of anilines is 2. The van der Waals surface area contributed by atoms with Gasteiger partial charge in [0.2, 0.25) is 5.95 Å². The van der Waals surface area contributed by atoms with Gasteiger partial charge >= 0.3 is 0 Å². The van der Waals surface area contributed by atoms with Gasteiger partial charge in [0.25, 0.3) is 0 Å². The van der Waals surface area contributed by atoms with Crippen molar-refractivity contribution < 1.29 is 0 Å². The van der Waals surface area contributed by atoms with Gasteiger partial charge in [-0.05, 0) is 18.2 Å². The van der Waals surface area contributed by atoms with Crippen LogP contribution < -0.4 is 10.2 Å². The van der Waals surface area contributed by atoms with Gasteiger partial charge in [0.15, 0.2) is 0 Å². The quantitative estimate of drug-likeness (QED) is 0.732. The molecule has 2 aromatic heterocycles. The van der Waals surface area contributed by atoms with Gasteiger partial charge in [0, 0.05) is 56.9 Å². The molecule has 2 N–H and O–H groups in total. The second-order valence-corrected chi connectivity index (χ2v) is 5.42. The van der Waals surface area contributed by atoms with Crippen molar-refractivity contribution in [2.45, 2.75) is 6.42 Å². The van der Waals surface area contributed by atoms with Crippen molar-refractivity contribution in [3.63, 3.8) is 0 Å². The zero-order valence-electron chi connectivity index (χ0n) is 13.3. The van der Waals surface area contributed by atoms with Crippen LogP contribution >= 0.6 is 0 Å². The number of imidazole rings is 1. The molecular formula is C17H20N6. The van der Waals surface area contributed by atoms with Crippen molar-refractivity contribution >= 4 is 11.6 Å². The molecule has 0 fully saturated rings. The fourth-order valence-corrected chi connectivity index (χ4v) is 2.26. The predicted molar refractivity (Wildman–Crippen MR) is 92.6 cm³/mol. The molecule has 3 rings (SSSR count). The van der Waals surface area contributed by atoms with Gasteiger partial charge in [0.05, 0.1) is 5.69 Å². The first-order valence-corrected chi connectivity index (χ1v) is 7.55. The first-order chi connectivity index (χ1) is 11.2. The van der Waals surface area contributed by atoms with Crippen LogP contribution in [-0.2, 0) is 6.42 Å². The summed E-state index contributed by atoms with van der Waals surface area (Å²) in [5, 5.41) is 3.23. The number of H-pyrrole nitrogens is 1. The summed E-state index contributed by atoms with van der Waals surface area (Å²) in [6.07, 6.45) is 6.16. The molecule has 118 valence electrons. The lowest BCUT2D eigenvalue weighted by atomic mass is 10.1. The molecule has 6 nitrogen and oxygen atoms in total. The highest BCUT2D eigenvalue weighted by Crippen LogP contribution is 2.21. The van der Waals surface area contributed by atoms with Crippen LogP contribution in [0.25, 0.3) is 11.3 Å². The highest BCUT2D eigenvalue weighted by Gasteiger charge is 2.03. The summed E-state index contributed by atoms with van der Waals surface area (Å²) >= 11 is 0. The highest BCUT2D eigenvalue weighted by atomic mass is 15.1. The van der Waals surface area contributed by atoms with Gasteiger partial charge in [-0.15, -0.1) is 0 Å². The van der Waals surface area contributed by atoms with Crippen molar-refractivity contribution in [3.8, 4) is 11.3 Å². The molecule has 0 aliphatic carbocycles. The minimum atomic E-state index is 0.630. The number of nitrogens with one attached hydrogen (secondary N) is 2. The maximum absolute atomic E-state index is 4.57. The maximum atomic E-state index is 4.57. The molecule has 0 aliphatic rings. The number of nitrogens with zero attached hydrogens (tertiary/aromatic N) is 4. The van der Waals surface area contributed by atoms with Crippen LogP contribution in [0.3, 0.4) is 0 Å². The molecule has 0 aliphatic heterocycles. The zero-order chi connectivity index (χ0) is 16.1. The smallest absolute Gasteiger partial charge is 0.223 e. The van der Waals surface area contributed by atoms with Crippen LogP contribution in [0.2, 0.25) is 0 Å². The van der Waals surface area contributed by atoms with Crippen molar-refractivity contribution in [1.29, 1.82) is 0 Å². The van der Waals surface area contributed by atoms with Crippen LogP contribution in [0.15, 0.2) is 48.9 Å². The third-order valence-corrected chi connectivity index (χ3v) is 3.53. The van der Waals surface area contributed by atoms with Crippen molar-refractivity contribution in [3.05, 3.63) is 54.7 Å². The van der Waals surface area contributed by atoms with Crippen molar-refractivity contribution in [2.24, 2.45) is 0 Å². The Morgan fingerprint density at radius 3 is 2.57 bits per heavy atom. The van der Waals surface area contributed by atoms with E-state index in [9.17, 15) is 0 Å². The summed E-state index contributed by atoms with van der Waals surface area (Å²) in [5.41, 5.74) is 3.15. The summed E-state index contributed by atoms with van der Waals surface area (Å²) in [5.74, 6) is 1.58. The predicted octanol–water partition coefficient (Wildman–Crippen LogP) is 2.59. The molecule has 0 bridgehead atoms. The second kappa shape index (κ2) is 6.91. The normalized spacial score (nSPS) is 10.5. The third-order valence-electron chi connectivity index (χ3n) is 3.53. The van der Waals surface area contributed by atoms with Crippen molar-refractivity contribution in [2.75, 3.05) is 30.9 Å². The van der Waals surface area contributed by atoms with Crippen LogP contribution in [0.4, 0.5) is 11.6 Å². The molecular weight excluding hydrogens is 288 g/mol. The summed E-state index contributed by atoms with van der Waals surface area (Å²) in [4.78, 5) is 18.2. The van der Waals surface area contributed by atoms with E-state index in [1.807, 2.05) is 26.4 Å². The standard InChI is InChI=1S/C17H20N6/c1-23(2)14-5-3-13(4-6-14)15-7-9-20-17(22-15)21-10-8-16-18-11-12-19-16/h3-7,9,11-12H,8,10H2,1-2H3,(H,18,19)(H,20,21,22). The first-order valence-electron chi connectivity index (χ1n) is 7.55. The number of aromatic amines is 1. The fourth-order valence-electron chi connectivity index (χ4n) is 2.26. The van der Waals surface area contributed by atoms with E-state index < -0.39 is 0 Å². The Morgan fingerprint density at radius 1 is 1.04 bits per heavy atom. The van der Waals surface area contributed by atoms with Gasteiger partial charge in [-0.2, -0.15) is 0 Å². The molecule has 1 aromatic carbocycles. The van der Waals surface area contributed by atoms with E-state index in [2.05, 4.69) is 54.4 Å². The molecule has 0 saturated carbocycles. The Labute approximate surface area is 135 Å². The second-order valence-electron chi connectivity index (χ2n) is 5.42. The van der Waals surface area contributed by atoms with Crippen LogP contribution in [0.5, 0.6) is 0 Å². The monoisotopic (exact) mass is 308 g/mol. The number of hydrogen-bond acceptors (Lipinski definition) is 5. The Kier molecular flexibility index (Phi) is 4.52. The lowest BCUT2D eigenvalue weighted by Gasteiger charge is -2.12. The van der Waals surface area contributed by atoms with E-state index in [4.69, 9.17) is 0 Å². The minimum Gasteiger partial charge on any atom is -0.378 e. The fraction of sp³-hybridized carbons (Fsp3) is 0.235. The summed E-state index contributed by atoms with van der Waals surface area (Å²) in [6, 6.07) is 10.2. The van der Waals surface area contributed by atoms with Gasteiger partial charge < -0.3 is 15.2 Å². The molecule has 0 atom stereocenters. The van der Waals surface area contributed by atoms with E-state index in [-0.39, 0.29) is 0 Å². The molecule has 2 heterocycles. The Morgan fingerprint density at radius 2 is 1.87 bits per heavy atom.